The summed E-state index contributed by atoms with van der Waals surface area (Å²) in [4.78, 5) is 11.9. The Balaban J connectivity index is 1.58. The molecule has 1 aliphatic rings. The predicted molar refractivity (Wildman–Crippen MR) is 87.3 cm³/mol. The van der Waals surface area contributed by atoms with E-state index in [1.807, 2.05) is 6.07 Å². The van der Waals surface area contributed by atoms with Crippen molar-refractivity contribution in [3.8, 4) is 0 Å². The molecule has 0 saturated heterocycles. The average Bonchev–Trinajstić information content (AvgIpc) is 2.53. The van der Waals surface area contributed by atoms with E-state index in [0.29, 0.717) is 12.0 Å². The van der Waals surface area contributed by atoms with E-state index in [-0.39, 0.29) is 6.03 Å². The Labute approximate surface area is 128 Å². The molecule has 1 aromatic rings. The van der Waals surface area contributed by atoms with Gasteiger partial charge in [0.15, 0.2) is 0 Å². The summed E-state index contributed by atoms with van der Waals surface area (Å²) in [7, 11) is 0. The predicted octanol–water partition coefficient (Wildman–Crippen LogP) is 3.89. The van der Waals surface area contributed by atoms with Crippen LogP contribution in [-0.4, -0.2) is 18.6 Å². The first-order chi connectivity index (χ1) is 10.3. The first-order valence-corrected chi connectivity index (χ1v) is 8.34. The van der Waals surface area contributed by atoms with Gasteiger partial charge in [0, 0.05) is 12.6 Å². The minimum atomic E-state index is -0.0128. The van der Waals surface area contributed by atoms with E-state index in [4.69, 9.17) is 0 Å². The van der Waals surface area contributed by atoms with Gasteiger partial charge in [0.2, 0.25) is 0 Å². The first-order valence-electron chi connectivity index (χ1n) is 8.34. The molecule has 0 aromatic heterocycles. The van der Waals surface area contributed by atoms with Crippen molar-refractivity contribution in [2.24, 2.45) is 5.92 Å². The molecule has 0 spiro atoms. The van der Waals surface area contributed by atoms with Gasteiger partial charge in [0.1, 0.15) is 0 Å². The van der Waals surface area contributed by atoms with Gasteiger partial charge in [-0.05, 0) is 44.1 Å². The smallest absolute Gasteiger partial charge is 0.315 e. The Kier molecular flexibility index (Phi) is 6.58. The molecule has 2 rings (SSSR count). The van der Waals surface area contributed by atoms with Gasteiger partial charge >= 0.3 is 6.03 Å². The summed E-state index contributed by atoms with van der Waals surface area (Å²) in [6.07, 6.45) is 8.50. The van der Waals surface area contributed by atoms with Crippen molar-refractivity contribution in [3.05, 3.63) is 35.9 Å². The number of benzene rings is 1. The van der Waals surface area contributed by atoms with E-state index in [1.54, 1.807) is 0 Å². The fraction of sp³-hybridized carbons (Fsp3) is 0.611. The number of hydrogen-bond acceptors (Lipinski definition) is 1. The zero-order valence-electron chi connectivity index (χ0n) is 13.1. The van der Waals surface area contributed by atoms with Crippen LogP contribution < -0.4 is 10.6 Å². The Morgan fingerprint density at radius 1 is 1.19 bits per heavy atom. The number of carbonyl (C=O) groups excluding carboxylic acids is 1. The highest BCUT2D eigenvalue weighted by Gasteiger charge is 2.21. The van der Waals surface area contributed by atoms with Gasteiger partial charge in [0.25, 0.3) is 0 Å². The van der Waals surface area contributed by atoms with Crippen LogP contribution in [0.5, 0.6) is 0 Å². The maximum absolute atomic E-state index is 11.9. The first kappa shape index (κ1) is 15.9. The molecular weight excluding hydrogens is 260 g/mol. The second kappa shape index (κ2) is 8.71. The Hall–Kier alpha value is -1.51. The summed E-state index contributed by atoms with van der Waals surface area (Å²) < 4.78 is 0. The van der Waals surface area contributed by atoms with Crippen LogP contribution in [0.2, 0.25) is 0 Å². The molecule has 1 aliphatic carbocycles. The van der Waals surface area contributed by atoms with Crippen LogP contribution in [0.1, 0.15) is 51.0 Å². The van der Waals surface area contributed by atoms with Crippen molar-refractivity contribution in [1.29, 1.82) is 0 Å². The zero-order valence-corrected chi connectivity index (χ0v) is 13.1. The fourth-order valence-electron chi connectivity index (χ4n) is 3.15. The van der Waals surface area contributed by atoms with E-state index < -0.39 is 0 Å². The Bertz CT molecular complexity index is 412. The van der Waals surface area contributed by atoms with Crippen LogP contribution in [0.25, 0.3) is 0 Å². The molecule has 0 unspecified atom stereocenters. The molecule has 3 heteroatoms. The van der Waals surface area contributed by atoms with E-state index in [1.165, 1.54) is 37.7 Å². The van der Waals surface area contributed by atoms with Crippen molar-refractivity contribution >= 4 is 6.03 Å². The van der Waals surface area contributed by atoms with Crippen molar-refractivity contribution < 1.29 is 4.79 Å². The molecule has 0 aliphatic heterocycles. The quantitative estimate of drug-likeness (QED) is 0.766. The molecule has 1 saturated carbocycles. The monoisotopic (exact) mass is 288 g/mol. The van der Waals surface area contributed by atoms with Crippen LogP contribution in [0.15, 0.2) is 30.3 Å². The molecule has 2 N–H and O–H groups in total. The van der Waals surface area contributed by atoms with Crippen molar-refractivity contribution in [2.75, 3.05) is 6.54 Å². The van der Waals surface area contributed by atoms with Crippen molar-refractivity contribution in [1.82, 2.24) is 10.6 Å². The second-order valence-electron chi connectivity index (χ2n) is 6.18. The normalized spacial score (nSPS) is 17.2. The van der Waals surface area contributed by atoms with Crippen LogP contribution >= 0.6 is 0 Å². The molecular formula is C18H28N2O. The van der Waals surface area contributed by atoms with E-state index >= 15 is 0 Å². The van der Waals surface area contributed by atoms with Gasteiger partial charge in [-0.2, -0.15) is 0 Å². The molecule has 1 atom stereocenters. The fourth-order valence-corrected chi connectivity index (χ4v) is 3.15. The summed E-state index contributed by atoms with van der Waals surface area (Å²) in [6, 6.07) is 10.7. The summed E-state index contributed by atoms with van der Waals surface area (Å²) >= 11 is 0. The molecule has 0 bridgehead atoms. The molecule has 2 amide bonds. The maximum Gasteiger partial charge on any atom is 0.315 e. The maximum atomic E-state index is 11.9. The molecule has 21 heavy (non-hydrogen) atoms. The summed E-state index contributed by atoms with van der Waals surface area (Å²) in [5.41, 5.74) is 1.33. The summed E-state index contributed by atoms with van der Waals surface area (Å²) in [6.45, 7) is 2.87. The number of rotatable bonds is 6. The van der Waals surface area contributed by atoms with Gasteiger partial charge in [-0.1, -0.05) is 49.6 Å². The Morgan fingerprint density at radius 2 is 1.90 bits per heavy atom. The van der Waals surface area contributed by atoms with Crippen LogP contribution in [0, 0.1) is 5.92 Å². The van der Waals surface area contributed by atoms with Gasteiger partial charge in [-0.15, -0.1) is 0 Å². The lowest BCUT2D eigenvalue weighted by atomic mass is 9.85. The van der Waals surface area contributed by atoms with Gasteiger partial charge in [0.05, 0.1) is 0 Å². The number of hydrogen-bond donors (Lipinski definition) is 2. The van der Waals surface area contributed by atoms with Crippen molar-refractivity contribution in [2.45, 2.75) is 57.9 Å². The highest BCUT2D eigenvalue weighted by Crippen LogP contribution is 2.26. The van der Waals surface area contributed by atoms with Gasteiger partial charge in [-0.3, -0.25) is 0 Å². The van der Waals surface area contributed by atoms with Gasteiger partial charge < -0.3 is 10.6 Å². The van der Waals surface area contributed by atoms with Crippen LogP contribution in [0.4, 0.5) is 4.79 Å². The standard InChI is InChI=1S/C18H28N2O/c1-15(17-12-6-3-7-13-17)20-18(21)19-14-8-11-16-9-4-2-5-10-16/h2,4-5,9-10,15,17H,3,6-8,11-14H2,1H3,(H2,19,20,21)/t15-/m1/s1. The minimum Gasteiger partial charge on any atom is -0.338 e. The highest BCUT2D eigenvalue weighted by atomic mass is 16.2. The summed E-state index contributed by atoms with van der Waals surface area (Å²) in [5.74, 6) is 0.661. The van der Waals surface area contributed by atoms with Gasteiger partial charge in [-0.25, -0.2) is 4.79 Å². The van der Waals surface area contributed by atoms with E-state index in [9.17, 15) is 4.79 Å². The molecule has 116 valence electrons. The average molecular weight is 288 g/mol. The molecule has 1 aromatic carbocycles. The highest BCUT2D eigenvalue weighted by molar-refractivity contribution is 5.74. The number of amides is 2. The van der Waals surface area contributed by atoms with Crippen molar-refractivity contribution in [3.63, 3.8) is 0 Å². The zero-order chi connectivity index (χ0) is 14.9. The third kappa shape index (κ3) is 5.78. The largest absolute Gasteiger partial charge is 0.338 e. The van der Waals surface area contributed by atoms with Crippen LogP contribution in [-0.2, 0) is 6.42 Å². The molecule has 1 fully saturated rings. The third-order valence-corrected chi connectivity index (χ3v) is 4.49. The molecule has 0 radical (unpaired) electrons. The van der Waals surface area contributed by atoms with E-state index in [0.717, 1.165) is 19.4 Å². The minimum absolute atomic E-state index is 0.0128. The summed E-state index contributed by atoms with van der Waals surface area (Å²) in [5, 5.41) is 6.07. The lowest BCUT2D eigenvalue weighted by Gasteiger charge is -2.28. The van der Waals surface area contributed by atoms with Crippen LogP contribution in [0.3, 0.4) is 0 Å². The lowest BCUT2D eigenvalue weighted by molar-refractivity contribution is 0.225. The molecule has 3 nitrogen and oxygen atoms in total. The van der Waals surface area contributed by atoms with E-state index in [2.05, 4.69) is 41.8 Å². The topological polar surface area (TPSA) is 41.1 Å². The molecule has 0 heterocycles. The second-order valence-corrected chi connectivity index (χ2v) is 6.18. The number of nitrogens with one attached hydrogen (secondary N) is 2. The lowest BCUT2D eigenvalue weighted by Crippen LogP contribution is -2.44. The Morgan fingerprint density at radius 3 is 2.62 bits per heavy atom. The SMILES string of the molecule is C[C@@H](NC(=O)NCCCc1ccccc1)C1CCCCC1. The third-order valence-electron chi connectivity index (χ3n) is 4.49. The number of urea groups is 1. The number of carbonyl (C=O) groups is 1. The number of aryl methyl sites for hydroxylation is 1.